The summed E-state index contributed by atoms with van der Waals surface area (Å²) in [6, 6.07) is 11.9. The summed E-state index contributed by atoms with van der Waals surface area (Å²) in [5.74, 6) is 1.45. The second kappa shape index (κ2) is 8.75. The molecule has 0 aliphatic carbocycles. The molecule has 0 unspecified atom stereocenters. The van der Waals surface area contributed by atoms with Crippen molar-refractivity contribution in [3.63, 3.8) is 0 Å². The van der Waals surface area contributed by atoms with Gasteiger partial charge < -0.3 is 14.8 Å². The average Bonchev–Trinajstić information content (AvgIpc) is 2.58. The van der Waals surface area contributed by atoms with E-state index in [4.69, 9.17) is 9.47 Å². The van der Waals surface area contributed by atoms with Gasteiger partial charge in [-0.05, 0) is 74.6 Å². The summed E-state index contributed by atoms with van der Waals surface area (Å²) >= 11 is 0. The van der Waals surface area contributed by atoms with Crippen molar-refractivity contribution in [3.8, 4) is 11.5 Å². The SMILES string of the molecule is CC[C@H](NC(=O)[C@H](C)Oc1cc(C)cc(C)c1)c1ccc(OC)c(C)c1. The van der Waals surface area contributed by atoms with Crippen LogP contribution in [0.1, 0.15) is 48.6 Å². The summed E-state index contributed by atoms with van der Waals surface area (Å²) in [6.45, 7) is 9.87. The first-order valence-electron chi connectivity index (χ1n) is 9.04. The van der Waals surface area contributed by atoms with Crippen LogP contribution in [0.4, 0.5) is 0 Å². The Kier molecular flexibility index (Phi) is 6.67. The summed E-state index contributed by atoms with van der Waals surface area (Å²) in [7, 11) is 1.66. The van der Waals surface area contributed by atoms with E-state index < -0.39 is 6.10 Å². The summed E-state index contributed by atoms with van der Waals surface area (Å²) in [5, 5.41) is 3.09. The zero-order valence-electron chi connectivity index (χ0n) is 16.6. The number of hydrogen-bond donors (Lipinski definition) is 1. The number of hydrogen-bond acceptors (Lipinski definition) is 3. The minimum atomic E-state index is -0.565. The van der Waals surface area contributed by atoms with Gasteiger partial charge in [-0.15, -0.1) is 0 Å². The van der Waals surface area contributed by atoms with Crippen LogP contribution in [0.5, 0.6) is 11.5 Å². The fraction of sp³-hybridized carbons (Fsp3) is 0.409. The molecular formula is C22H29NO3. The van der Waals surface area contributed by atoms with Crippen molar-refractivity contribution in [1.82, 2.24) is 5.32 Å². The lowest BCUT2D eigenvalue weighted by Crippen LogP contribution is -2.38. The summed E-state index contributed by atoms with van der Waals surface area (Å²) in [6.07, 6.45) is 0.234. The molecule has 1 N–H and O–H groups in total. The van der Waals surface area contributed by atoms with Gasteiger partial charge in [0.25, 0.3) is 5.91 Å². The van der Waals surface area contributed by atoms with Gasteiger partial charge in [0.05, 0.1) is 13.2 Å². The predicted molar refractivity (Wildman–Crippen MR) is 105 cm³/mol. The van der Waals surface area contributed by atoms with Crippen LogP contribution >= 0.6 is 0 Å². The molecule has 2 aromatic rings. The topological polar surface area (TPSA) is 47.6 Å². The highest BCUT2D eigenvalue weighted by Gasteiger charge is 2.20. The molecule has 140 valence electrons. The van der Waals surface area contributed by atoms with E-state index in [-0.39, 0.29) is 11.9 Å². The maximum Gasteiger partial charge on any atom is 0.261 e. The lowest BCUT2D eigenvalue weighted by atomic mass is 10.0. The van der Waals surface area contributed by atoms with Crippen LogP contribution in [0, 0.1) is 20.8 Å². The standard InChI is InChI=1S/C22H29NO3/c1-7-20(18-8-9-21(25-6)16(4)13-18)23-22(24)17(5)26-19-11-14(2)10-15(3)12-19/h8-13,17,20H,7H2,1-6H3,(H,23,24)/t17-,20-/m0/s1. The van der Waals surface area contributed by atoms with Gasteiger partial charge in [0.1, 0.15) is 11.5 Å². The van der Waals surface area contributed by atoms with E-state index in [1.165, 1.54) is 0 Å². The molecule has 2 aromatic carbocycles. The average molecular weight is 355 g/mol. The Morgan fingerprint density at radius 3 is 2.27 bits per heavy atom. The minimum Gasteiger partial charge on any atom is -0.496 e. The summed E-state index contributed by atoms with van der Waals surface area (Å²) in [5.41, 5.74) is 4.36. The molecule has 0 heterocycles. The number of ether oxygens (including phenoxy) is 2. The highest BCUT2D eigenvalue weighted by molar-refractivity contribution is 5.81. The lowest BCUT2D eigenvalue weighted by Gasteiger charge is -2.22. The first-order chi connectivity index (χ1) is 12.3. The van der Waals surface area contributed by atoms with Gasteiger partial charge in [0, 0.05) is 0 Å². The Morgan fingerprint density at radius 1 is 1.08 bits per heavy atom. The molecule has 0 aliphatic heterocycles. The van der Waals surface area contributed by atoms with Crippen molar-refractivity contribution in [3.05, 3.63) is 58.7 Å². The van der Waals surface area contributed by atoms with Gasteiger partial charge in [-0.25, -0.2) is 0 Å². The number of carbonyl (C=O) groups excluding carboxylic acids is 1. The second-order valence-corrected chi connectivity index (χ2v) is 6.78. The van der Waals surface area contributed by atoms with E-state index >= 15 is 0 Å². The molecule has 0 radical (unpaired) electrons. The first kappa shape index (κ1) is 19.8. The van der Waals surface area contributed by atoms with Gasteiger partial charge in [-0.1, -0.05) is 25.1 Å². The summed E-state index contributed by atoms with van der Waals surface area (Å²) in [4.78, 5) is 12.6. The van der Waals surface area contributed by atoms with Crippen LogP contribution in [-0.2, 0) is 4.79 Å². The van der Waals surface area contributed by atoms with Crippen molar-refractivity contribution in [2.45, 2.75) is 53.2 Å². The third kappa shape index (κ3) is 5.01. The first-order valence-corrected chi connectivity index (χ1v) is 9.04. The number of carbonyl (C=O) groups is 1. The molecule has 1 amide bonds. The molecule has 0 aromatic heterocycles. The van der Waals surface area contributed by atoms with Crippen molar-refractivity contribution in [1.29, 1.82) is 0 Å². The Bertz CT molecular complexity index is 750. The van der Waals surface area contributed by atoms with E-state index in [0.29, 0.717) is 0 Å². The van der Waals surface area contributed by atoms with Gasteiger partial charge in [0.2, 0.25) is 0 Å². The highest BCUT2D eigenvalue weighted by atomic mass is 16.5. The van der Waals surface area contributed by atoms with E-state index in [1.54, 1.807) is 14.0 Å². The van der Waals surface area contributed by atoms with E-state index in [2.05, 4.69) is 24.4 Å². The summed E-state index contributed by atoms with van der Waals surface area (Å²) < 4.78 is 11.2. The quantitative estimate of drug-likeness (QED) is 0.786. The van der Waals surface area contributed by atoms with Crippen molar-refractivity contribution >= 4 is 5.91 Å². The molecule has 0 bridgehead atoms. The number of amides is 1. The normalized spacial score (nSPS) is 13.0. The fourth-order valence-corrected chi connectivity index (χ4v) is 3.09. The van der Waals surface area contributed by atoms with Crippen molar-refractivity contribution in [2.75, 3.05) is 7.11 Å². The third-order valence-electron chi connectivity index (χ3n) is 4.42. The van der Waals surface area contributed by atoms with Gasteiger partial charge in [-0.3, -0.25) is 4.79 Å². The molecule has 2 rings (SSSR count). The molecule has 0 aliphatic rings. The minimum absolute atomic E-state index is 0.0580. The maximum atomic E-state index is 12.6. The molecule has 2 atom stereocenters. The van der Waals surface area contributed by atoms with Crippen LogP contribution in [0.15, 0.2) is 36.4 Å². The molecule has 0 saturated heterocycles. The number of methoxy groups -OCH3 is 1. The number of benzene rings is 2. The Balaban J connectivity index is 2.07. The largest absolute Gasteiger partial charge is 0.496 e. The van der Waals surface area contributed by atoms with Crippen LogP contribution < -0.4 is 14.8 Å². The Hall–Kier alpha value is -2.49. The van der Waals surface area contributed by atoms with E-state index in [0.717, 1.165) is 40.2 Å². The maximum absolute atomic E-state index is 12.6. The second-order valence-electron chi connectivity index (χ2n) is 6.78. The van der Waals surface area contributed by atoms with Crippen molar-refractivity contribution < 1.29 is 14.3 Å². The molecule has 0 spiro atoms. The number of aryl methyl sites for hydroxylation is 3. The van der Waals surface area contributed by atoms with Crippen LogP contribution in [0.25, 0.3) is 0 Å². The van der Waals surface area contributed by atoms with E-state index in [9.17, 15) is 4.79 Å². The molecule has 4 nitrogen and oxygen atoms in total. The number of rotatable bonds is 7. The molecule has 0 fully saturated rings. The van der Waals surface area contributed by atoms with Crippen molar-refractivity contribution in [2.24, 2.45) is 0 Å². The predicted octanol–water partition coefficient (Wildman–Crippen LogP) is 4.66. The van der Waals surface area contributed by atoms with Crippen LogP contribution in [-0.4, -0.2) is 19.1 Å². The zero-order valence-corrected chi connectivity index (χ0v) is 16.6. The monoisotopic (exact) mass is 355 g/mol. The molecule has 4 heteroatoms. The Labute approximate surface area is 156 Å². The molecular weight excluding hydrogens is 326 g/mol. The Morgan fingerprint density at radius 2 is 1.73 bits per heavy atom. The lowest BCUT2D eigenvalue weighted by molar-refractivity contribution is -0.128. The fourth-order valence-electron chi connectivity index (χ4n) is 3.09. The zero-order chi connectivity index (χ0) is 19.3. The smallest absolute Gasteiger partial charge is 0.261 e. The number of nitrogens with one attached hydrogen (secondary N) is 1. The van der Waals surface area contributed by atoms with Crippen LogP contribution in [0.3, 0.4) is 0 Å². The van der Waals surface area contributed by atoms with Gasteiger partial charge in [-0.2, -0.15) is 0 Å². The third-order valence-corrected chi connectivity index (χ3v) is 4.42. The van der Waals surface area contributed by atoms with Gasteiger partial charge >= 0.3 is 0 Å². The van der Waals surface area contributed by atoms with E-state index in [1.807, 2.05) is 45.0 Å². The van der Waals surface area contributed by atoms with Crippen LogP contribution in [0.2, 0.25) is 0 Å². The molecule has 0 saturated carbocycles. The van der Waals surface area contributed by atoms with Gasteiger partial charge in [0.15, 0.2) is 6.10 Å². The molecule has 26 heavy (non-hydrogen) atoms. The highest BCUT2D eigenvalue weighted by Crippen LogP contribution is 2.24.